The van der Waals surface area contributed by atoms with E-state index in [-0.39, 0.29) is 7.43 Å². The molecule has 0 aromatic carbocycles. The predicted molar refractivity (Wildman–Crippen MR) is 67.9 cm³/mol. The van der Waals surface area contributed by atoms with Crippen molar-refractivity contribution in [2.75, 3.05) is 13.1 Å². The molecule has 14 heavy (non-hydrogen) atoms. The molecule has 0 atom stereocenters. The number of rotatable bonds is 6. The summed E-state index contributed by atoms with van der Waals surface area (Å²) in [7, 11) is 0. The van der Waals surface area contributed by atoms with Gasteiger partial charge in [0.15, 0.2) is 0 Å². The van der Waals surface area contributed by atoms with Gasteiger partial charge in [0.25, 0.3) is 0 Å². The first kappa shape index (κ1) is 16.4. The van der Waals surface area contributed by atoms with E-state index < -0.39 is 0 Å². The summed E-state index contributed by atoms with van der Waals surface area (Å²) in [5.74, 6) is 0. The molecule has 0 aromatic heterocycles. The van der Waals surface area contributed by atoms with Crippen molar-refractivity contribution in [3.05, 3.63) is 0 Å². The molecule has 0 aliphatic heterocycles. The van der Waals surface area contributed by atoms with Gasteiger partial charge in [-0.05, 0) is 46.7 Å². The highest BCUT2D eigenvalue weighted by molar-refractivity contribution is 4.75. The number of hydrogen-bond acceptors (Lipinski definition) is 1. The van der Waals surface area contributed by atoms with Crippen molar-refractivity contribution >= 4 is 0 Å². The van der Waals surface area contributed by atoms with Crippen LogP contribution in [0.25, 0.3) is 0 Å². The minimum absolute atomic E-state index is 0. The van der Waals surface area contributed by atoms with E-state index in [0.717, 1.165) is 0 Å². The summed E-state index contributed by atoms with van der Waals surface area (Å²) in [5, 5.41) is 0. The SMILES string of the molecule is C.CCCCN(CCCC)C(C)(C)C. The standard InChI is InChI=1S/C12H27N.CH4/c1-6-8-10-13(11-9-7-2)12(3,4)5;/h6-11H2,1-5H3;1H4. The molecule has 0 heterocycles. The molecule has 0 unspecified atom stereocenters. The van der Waals surface area contributed by atoms with Gasteiger partial charge in [0.1, 0.15) is 0 Å². The second-order valence-electron chi connectivity index (χ2n) is 4.86. The monoisotopic (exact) mass is 201 g/mol. The number of nitrogens with zero attached hydrogens (tertiary/aromatic N) is 1. The fraction of sp³-hybridized carbons (Fsp3) is 1.00. The van der Waals surface area contributed by atoms with Crippen LogP contribution in [0.5, 0.6) is 0 Å². The van der Waals surface area contributed by atoms with Crippen molar-refractivity contribution < 1.29 is 0 Å². The summed E-state index contributed by atoms with van der Waals surface area (Å²) in [4.78, 5) is 2.61. The topological polar surface area (TPSA) is 3.24 Å². The molecule has 0 fully saturated rings. The van der Waals surface area contributed by atoms with Gasteiger partial charge in [-0.15, -0.1) is 0 Å². The zero-order valence-electron chi connectivity index (χ0n) is 10.2. The molecule has 0 aliphatic carbocycles. The van der Waals surface area contributed by atoms with Crippen molar-refractivity contribution in [1.82, 2.24) is 4.90 Å². The van der Waals surface area contributed by atoms with E-state index >= 15 is 0 Å². The molecule has 0 amide bonds. The minimum Gasteiger partial charge on any atom is -0.298 e. The minimum atomic E-state index is 0. The van der Waals surface area contributed by atoms with Gasteiger partial charge < -0.3 is 0 Å². The zero-order valence-corrected chi connectivity index (χ0v) is 10.2. The van der Waals surface area contributed by atoms with E-state index in [1.54, 1.807) is 0 Å². The van der Waals surface area contributed by atoms with Crippen molar-refractivity contribution in [3.8, 4) is 0 Å². The van der Waals surface area contributed by atoms with Crippen LogP contribution in [0.3, 0.4) is 0 Å². The third-order valence-electron chi connectivity index (χ3n) is 2.51. The lowest BCUT2D eigenvalue weighted by atomic mass is 10.0. The maximum Gasteiger partial charge on any atom is 0.0125 e. The maximum atomic E-state index is 2.61. The molecule has 0 aromatic rings. The van der Waals surface area contributed by atoms with E-state index in [4.69, 9.17) is 0 Å². The molecule has 1 nitrogen and oxygen atoms in total. The lowest BCUT2D eigenvalue weighted by Gasteiger charge is -2.35. The lowest BCUT2D eigenvalue weighted by Crippen LogP contribution is -2.42. The number of hydrogen-bond donors (Lipinski definition) is 0. The predicted octanol–water partition coefficient (Wildman–Crippen LogP) is 4.32. The molecular weight excluding hydrogens is 170 g/mol. The van der Waals surface area contributed by atoms with Crippen LogP contribution >= 0.6 is 0 Å². The van der Waals surface area contributed by atoms with E-state index in [2.05, 4.69) is 39.5 Å². The van der Waals surface area contributed by atoms with Crippen LogP contribution in [0.2, 0.25) is 0 Å². The van der Waals surface area contributed by atoms with Gasteiger partial charge in [-0.1, -0.05) is 34.1 Å². The fourth-order valence-electron chi connectivity index (χ4n) is 1.48. The maximum absolute atomic E-state index is 2.61. The third kappa shape index (κ3) is 7.37. The average Bonchev–Trinajstić information content (AvgIpc) is 2.02. The molecule has 88 valence electrons. The Hall–Kier alpha value is -0.0400. The quantitative estimate of drug-likeness (QED) is 0.618. The molecule has 0 bridgehead atoms. The van der Waals surface area contributed by atoms with Crippen LogP contribution in [0.4, 0.5) is 0 Å². The summed E-state index contributed by atoms with van der Waals surface area (Å²) in [6, 6.07) is 0. The fourth-order valence-corrected chi connectivity index (χ4v) is 1.48. The molecule has 0 aliphatic rings. The summed E-state index contributed by atoms with van der Waals surface area (Å²) >= 11 is 0. The summed E-state index contributed by atoms with van der Waals surface area (Å²) < 4.78 is 0. The van der Waals surface area contributed by atoms with Gasteiger partial charge in [-0.25, -0.2) is 0 Å². The van der Waals surface area contributed by atoms with Crippen LogP contribution < -0.4 is 0 Å². The highest BCUT2D eigenvalue weighted by atomic mass is 15.2. The van der Waals surface area contributed by atoms with E-state index in [0.29, 0.717) is 5.54 Å². The highest BCUT2D eigenvalue weighted by Gasteiger charge is 2.19. The van der Waals surface area contributed by atoms with Gasteiger partial charge >= 0.3 is 0 Å². The van der Waals surface area contributed by atoms with E-state index in [1.807, 2.05) is 0 Å². The zero-order chi connectivity index (χ0) is 10.3. The largest absolute Gasteiger partial charge is 0.298 e. The first-order chi connectivity index (χ1) is 6.02. The van der Waals surface area contributed by atoms with Crippen molar-refractivity contribution in [1.29, 1.82) is 0 Å². The van der Waals surface area contributed by atoms with Gasteiger partial charge in [-0.3, -0.25) is 4.90 Å². The normalized spacial score (nSPS) is 11.6. The molecule has 0 spiro atoms. The average molecular weight is 201 g/mol. The molecule has 0 saturated carbocycles. The number of unbranched alkanes of at least 4 members (excludes halogenated alkanes) is 2. The first-order valence-corrected chi connectivity index (χ1v) is 5.77. The van der Waals surface area contributed by atoms with Gasteiger partial charge in [0, 0.05) is 5.54 Å². The second kappa shape index (κ2) is 8.28. The molecule has 1 heteroatoms. The summed E-state index contributed by atoms with van der Waals surface area (Å²) in [5.41, 5.74) is 0.352. The molecule has 0 N–H and O–H groups in total. The smallest absolute Gasteiger partial charge is 0.0125 e. The molecular formula is C13H31N. The third-order valence-corrected chi connectivity index (χ3v) is 2.51. The molecule has 0 radical (unpaired) electrons. The van der Waals surface area contributed by atoms with Crippen LogP contribution in [0, 0.1) is 0 Å². The lowest BCUT2D eigenvalue weighted by molar-refractivity contribution is 0.132. The van der Waals surface area contributed by atoms with Gasteiger partial charge in [0.05, 0.1) is 0 Å². The highest BCUT2D eigenvalue weighted by Crippen LogP contribution is 2.14. The van der Waals surface area contributed by atoms with Crippen molar-refractivity contribution in [2.24, 2.45) is 0 Å². The molecule has 0 rings (SSSR count). The van der Waals surface area contributed by atoms with Crippen molar-refractivity contribution in [2.45, 2.75) is 73.3 Å². The Kier molecular flexibility index (Phi) is 9.70. The Morgan fingerprint density at radius 3 is 1.43 bits per heavy atom. The Morgan fingerprint density at radius 1 is 0.857 bits per heavy atom. The summed E-state index contributed by atoms with van der Waals surface area (Å²) in [6.07, 6.45) is 5.28. The van der Waals surface area contributed by atoms with E-state index in [9.17, 15) is 0 Å². The summed E-state index contributed by atoms with van der Waals surface area (Å²) in [6.45, 7) is 14.0. The molecule has 0 saturated heterocycles. The van der Waals surface area contributed by atoms with Crippen molar-refractivity contribution in [3.63, 3.8) is 0 Å². The van der Waals surface area contributed by atoms with Gasteiger partial charge in [0.2, 0.25) is 0 Å². The Labute approximate surface area is 91.9 Å². The first-order valence-electron chi connectivity index (χ1n) is 5.77. The van der Waals surface area contributed by atoms with Crippen LogP contribution in [0.1, 0.15) is 67.7 Å². The van der Waals surface area contributed by atoms with Crippen LogP contribution in [-0.2, 0) is 0 Å². The van der Waals surface area contributed by atoms with Crippen LogP contribution in [-0.4, -0.2) is 23.5 Å². The Bertz CT molecular complexity index is 105. The van der Waals surface area contributed by atoms with Crippen LogP contribution in [0.15, 0.2) is 0 Å². The van der Waals surface area contributed by atoms with E-state index in [1.165, 1.54) is 38.8 Å². The Balaban J connectivity index is 0. The second-order valence-corrected chi connectivity index (χ2v) is 4.86. The Morgan fingerprint density at radius 2 is 1.21 bits per heavy atom. The van der Waals surface area contributed by atoms with Gasteiger partial charge in [-0.2, -0.15) is 0 Å².